The monoisotopic (exact) mass is 422 g/mol. The SMILES string of the molecule is COc1ccccc1N1CCN(c2nc(CSc3ccc(C)cc3)cc(=O)[nH]2)CC1. The number of hydrogen-bond donors (Lipinski definition) is 1. The fourth-order valence-corrected chi connectivity index (χ4v) is 4.35. The molecule has 0 radical (unpaired) electrons. The van der Waals surface area contributed by atoms with Gasteiger partial charge < -0.3 is 14.5 Å². The second-order valence-corrected chi connectivity index (χ2v) is 8.36. The van der Waals surface area contributed by atoms with E-state index in [0.29, 0.717) is 11.7 Å². The standard InChI is InChI=1S/C23H26N4O2S/c1-17-7-9-19(10-8-17)30-16-18-15-22(28)25-23(24-18)27-13-11-26(12-14-27)20-5-3-4-6-21(20)29-2/h3-10,15H,11-14,16H2,1-2H3,(H,24,25,28). The molecule has 1 N–H and O–H groups in total. The molecule has 30 heavy (non-hydrogen) atoms. The molecular formula is C23H26N4O2S. The number of thioether (sulfide) groups is 1. The Bertz CT molecular complexity index is 1040. The number of anilines is 2. The number of aromatic nitrogens is 2. The van der Waals surface area contributed by atoms with Gasteiger partial charge in [0, 0.05) is 42.9 Å². The number of piperazine rings is 1. The minimum absolute atomic E-state index is 0.105. The van der Waals surface area contributed by atoms with Crippen LogP contribution in [-0.4, -0.2) is 43.3 Å². The summed E-state index contributed by atoms with van der Waals surface area (Å²) in [5.74, 6) is 2.20. The van der Waals surface area contributed by atoms with E-state index in [1.54, 1.807) is 24.9 Å². The van der Waals surface area contributed by atoms with Gasteiger partial charge in [-0.25, -0.2) is 4.98 Å². The molecule has 1 aliphatic heterocycles. The molecule has 1 fully saturated rings. The third kappa shape index (κ3) is 4.79. The van der Waals surface area contributed by atoms with Crippen LogP contribution >= 0.6 is 11.8 Å². The van der Waals surface area contributed by atoms with Crippen LogP contribution in [0.1, 0.15) is 11.3 Å². The van der Waals surface area contributed by atoms with Crippen molar-refractivity contribution in [2.45, 2.75) is 17.6 Å². The molecule has 2 aromatic carbocycles. The molecule has 0 amide bonds. The number of ether oxygens (including phenoxy) is 1. The Morgan fingerprint density at radius 1 is 1.03 bits per heavy atom. The average molecular weight is 423 g/mol. The van der Waals surface area contributed by atoms with Crippen molar-refractivity contribution in [1.29, 1.82) is 0 Å². The van der Waals surface area contributed by atoms with Crippen molar-refractivity contribution in [2.75, 3.05) is 43.1 Å². The van der Waals surface area contributed by atoms with Crippen molar-refractivity contribution in [1.82, 2.24) is 9.97 Å². The first-order valence-corrected chi connectivity index (χ1v) is 11.0. The van der Waals surface area contributed by atoms with Crippen molar-refractivity contribution in [3.05, 3.63) is 76.2 Å². The molecule has 1 aromatic heterocycles. The predicted octanol–water partition coefficient (Wildman–Crippen LogP) is 3.71. The van der Waals surface area contributed by atoms with Crippen LogP contribution in [0, 0.1) is 6.92 Å². The van der Waals surface area contributed by atoms with Gasteiger partial charge >= 0.3 is 0 Å². The average Bonchev–Trinajstić information content (AvgIpc) is 2.78. The highest BCUT2D eigenvalue weighted by atomic mass is 32.2. The minimum Gasteiger partial charge on any atom is -0.495 e. The van der Waals surface area contributed by atoms with Crippen molar-refractivity contribution in [2.24, 2.45) is 0 Å². The number of rotatable bonds is 6. The molecule has 0 unspecified atom stereocenters. The maximum absolute atomic E-state index is 12.2. The van der Waals surface area contributed by atoms with E-state index < -0.39 is 0 Å². The maximum atomic E-state index is 12.2. The molecular weight excluding hydrogens is 396 g/mol. The van der Waals surface area contributed by atoms with Crippen LogP contribution in [-0.2, 0) is 5.75 Å². The van der Waals surface area contributed by atoms with E-state index in [1.165, 1.54) is 10.5 Å². The van der Waals surface area contributed by atoms with Crippen LogP contribution in [0.15, 0.2) is 64.3 Å². The van der Waals surface area contributed by atoms with Gasteiger partial charge in [0.2, 0.25) is 5.95 Å². The smallest absolute Gasteiger partial charge is 0.252 e. The Balaban J connectivity index is 1.42. The number of nitrogens with zero attached hydrogens (tertiary/aromatic N) is 3. The summed E-state index contributed by atoms with van der Waals surface area (Å²) < 4.78 is 5.49. The normalized spacial score (nSPS) is 14.1. The molecule has 1 aliphatic rings. The van der Waals surface area contributed by atoms with E-state index in [1.807, 2.05) is 18.2 Å². The lowest BCUT2D eigenvalue weighted by atomic mass is 10.2. The van der Waals surface area contributed by atoms with Crippen LogP contribution in [0.2, 0.25) is 0 Å². The van der Waals surface area contributed by atoms with Gasteiger partial charge in [-0.05, 0) is 31.2 Å². The van der Waals surface area contributed by atoms with E-state index in [0.717, 1.165) is 43.3 Å². The second kappa shape index (κ2) is 9.26. The first-order chi connectivity index (χ1) is 14.6. The summed E-state index contributed by atoms with van der Waals surface area (Å²) in [6, 6.07) is 18.1. The number of H-pyrrole nitrogens is 1. The summed E-state index contributed by atoms with van der Waals surface area (Å²) in [5.41, 5.74) is 3.03. The number of aryl methyl sites for hydroxylation is 1. The Morgan fingerprint density at radius 3 is 2.47 bits per heavy atom. The number of benzene rings is 2. The molecule has 0 spiro atoms. The molecule has 1 saturated heterocycles. The van der Waals surface area contributed by atoms with Crippen LogP contribution < -0.4 is 20.1 Å². The molecule has 0 bridgehead atoms. The van der Waals surface area contributed by atoms with Crippen molar-refractivity contribution in [3.63, 3.8) is 0 Å². The Labute approximate surface area is 180 Å². The van der Waals surface area contributed by atoms with Gasteiger partial charge in [0.25, 0.3) is 5.56 Å². The number of hydrogen-bond acceptors (Lipinski definition) is 6. The zero-order chi connectivity index (χ0) is 20.9. The van der Waals surface area contributed by atoms with E-state index in [-0.39, 0.29) is 5.56 Å². The van der Waals surface area contributed by atoms with Crippen molar-refractivity contribution in [3.8, 4) is 5.75 Å². The van der Waals surface area contributed by atoms with Crippen molar-refractivity contribution < 1.29 is 4.74 Å². The Morgan fingerprint density at radius 2 is 1.73 bits per heavy atom. The van der Waals surface area contributed by atoms with Gasteiger partial charge in [0.1, 0.15) is 5.75 Å². The quantitative estimate of drug-likeness (QED) is 0.611. The van der Waals surface area contributed by atoms with Crippen LogP contribution in [0.3, 0.4) is 0 Å². The van der Waals surface area contributed by atoms with Gasteiger partial charge in [0.05, 0.1) is 18.5 Å². The number of nitrogens with one attached hydrogen (secondary N) is 1. The zero-order valence-electron chi connectivity index (χ0n) is 17.3. The van der Waals surface area contributed by atoms with Gasteiger partial charge in [-0.2, -0.15) is 0 Å². The van der Waals surface area contributed by atoms with E-state index in [9.17, 15) is 4.79 Å². The molecule has 3 aromatic rings. The Hall–Kier alpha value is -2.93. The lowest BCUT2D eigenvalue weighted by Crippen LogP contribution is -2.47. The first kappa shape index (κ1) is 20.3. The lowest BCUT2D eigenvalue weighted by molar-refractivity contribution is 0.413. The molecule has 4 rings (SSSR count). The van der Waals surface area contributed by atoms with Gasteiger partial charge in [0.15, 0.2) is 0 Å². The third-order valence-electron chi connectivity index (χ3n) is 5.19. The zero-order valence-corrected chi connectivity index (χ0v) is 18.1. The third-order valence-corrected chi connectivity index (χ3v) is 6.24. The topological polar surface area (TPSA) is 61.5 Å². The van der Waals surface area contributed by atoms with Crippen LogP contribution in [0.4, 0.5) is 11.6 Å². The molecule has 0 atom stereocenters. The predicted molar refractivity (Wildman–Crippen MR) is 123 cm³/mol. The van der Waals surface area contributed by atoms with Gasteiger partial charge in [-0.15, -0.1) is 11.8 Å². The minimum atomic E-state index is -0.105. The van der Waals surface area contributed by atoms with Gasteiger partial charge in [-0.3, -0.25) is 9.78 Å². The molecule has 156 valence electrons. The lowest BCUT2D eigenvalue weighted by Gasteiger charge is -2.36. The Kier molecular flexibility index (Phi) is 6.28. The second-order valence-electron chi connectivity index (χ2n) is 7.31. The summed E-state index contributed by atoms with van der Waals surface area (Å²) >= 11 is 1.69. The van der Waals surface area contributed by atoms with Crippen LogP contribution in [0.25, 0.3) is 0 Å². The van der Waals surface area contributed by atoms with Gasteiger partial charge in [-0.1, -0.05) is 29.8 Å². The van der Waals surface area contributed by atoms with Crippen molar-refractivity contribution >= 4 is 23.4 Å². The first-order valence-electron chi connectivity index (χ1n) is 10.0. The molecule has 7 heteroatoms. The maximum Gasteiger partial charge on any atom is 0.252 e. The van der Waals surface area contributed by atoms with E-state index in [2.05, 4.69) is 52.0 Å². The van der Waals surface area contributed by atoms with E-state index in [4.69, 9.17) is 9.72 Å². The van der Waals surface area contributed by atoms with Crippen LogP contribution in [0.5, 0.6) is 5.75 Å². The largest absolute Gasteiger partial charge is 0.495 e. The highest BCUT2D eigenvalue weighted by Crippen LogP contribution is 2.29. The fourth-order valence-electron chi connectivity index (χ4n) is 3.56. The molecule has 0 saturated carbocycles. The summed E-state index contributed by atoms with van der Waals surface area (Å²) in [7, 11) is 1.70. The highest BCUT2D eigenvalue weighted by molar-refractivity contribution is 7.98. The fraction of sp³-hybridized carbons (Fsp3) is 0.304. The molecule has 2 heterocycles. The summed E-state index contributed by atoms with van der Waals surface area (Å²) in [4.78, 5) is 25.5. The summed E-state index contributed by atoms with van der Waals surface area (Å²) in [6.45, 7) is 5.33. The summed E-state index contributed by atoms with van der Waals surface area (Å²) in [5, 5.41) is 0. The number of aromatic amines is 1. The summed E-state index contributed by atoms with van der Waals surface area (Å²) in [6.07, 6.45) is 0. The number of methoxy groups -OCH3 is 1. The molecule has 0 aliphatic carbocycles. The van der Waals surface area contributed by atoms with E-state index >= 15 is 0 Å². The highest BCUT2D eigenvalue weighted by Gasteiger charge is 2.21. The molecule has 6 nitrogen and oxygen atoms in total. The number of para-hydroxylation sites is 2.